The number of ether oxygens (including phenoxy) is 2. The molecule has 1 aromatic carbocycles. The third-order valence-corrected chi connectivity index (χ3v) is 5.46. The Balaban J connectivity index is 0.00000155. The van der Waals surface area contributed by atoms with Gasteiger partial charge in [0.25, 0.3) is 0 Å². The molecule has 8 heteroatoms. The Labute approximate surface area is 188 Å². The van der Waals surface area contributed by atoms with E-state index in [0.29, 0.717) is 13.1 Å². The minimum absolute atomic E-state index is 0.0337. The summed E-state index contributed by atoms with van der Waals surface area (Å²) in [5.74, 6) is -0.273. The predicted molar refractivity (Wildman–Crippen MR) is 123 cm³/mol. The molecule has 0 radical (unpaired) electrons. The van der Waals surface area contributed by atoms with E-state index in [1.807, 2.05) is 57.7 Å². The number of fused-ring (bicyclic) bond motifs is 1. The summed E-state index contributed by atoms with van der Waals surface area (Å²) in [5.41, 5.74) is 1.46. The lowest BCUT2D eigenvalue weighted by atomic mass is 10.1. The van der Waals surface area contributed by atoms with Gasteiger partial charge in [-0.1, -0.05) is 29.8 Å². The van der Waals surface area contributed by atoms with Crippen LogP contribution in [0.5, 0.6) is 0 Å². The second-order valence-electron chi connectivity index (χ2n) is 8.22. The first-order valence-electron chi connectivity index (χ1n) is 10.6. The van der Waals surface area contributed by atoms with Crippen LogP contribution in [0.25, 0.3) is 0 Å². The van der Waals surface area contributed by atoms with Crippen LogP contribution in [0.4, 0.5) is 16.2 Å². The van der Waals surface area contributed by atoms with Crippen molar-refractivity contribution in [2.75, 3.05) is 30.4 Å². The molecule has 2 aliphatic heterocycles. The highest BCUT2D eigenvalue weighted by molar-refractivity contribution is 9.10. The van der Waals surface area contributed by atoms with Gasteiger partial charge in [-0.15, -0.1) is 0 Å². The van der Waals surface area contributed by atoms with E-state index in [2.05, 4.69) is 26.1 Å². The van der Waals surface area contributed by atoms with E-state index in [1.54, 1.807) is 0 Å². The average molecular weight is 484 g/mol. The van der Waals surface area contributed by atoms with Crippen LogP contribution in [0.3, 0.4) is 0 Å². The van der Waals surface area contributed by atoms with Crippen LogP contribution in [0.1, 0.15) is 53.9 Å². The van der Waals surface area contributed by atoms with Gasteiger partial charge in [0.15, 0.2) is 0 Å². The molecule has 2 heterocycles. The molecule has 1 aromatic rings. The smallest absolute Gasteiger partial charge is 0.410 e. The topological polar surface area (TPSA) is 71.1 Å². The molecular weight excluding hydrogens is 450 g/mol. The van der Waals surface area contributed by atoms with E-state index in [9.17, 15) is 9.59 Å². The SMILES string of the molecule is CC.COC(=O)CC1Nc2cc(Br)ccc2N1CC1CCCN1C(=O)OC(C)(C)C. The third-order valence-electron chi connectivity index (χ3n) is 4.97. The van der Waals surface area contributed by atoms with Crippen molar-refractivity contribution in [2.45, 2.75) is 71.7 Å². The maximum Gasteiger partial charge on any atom is 0.410 e. The zero-order valence-corrected chi connectivity index (χ0v) is 20.4. The molecule has 2 atom stereocenters. The molecule has 1 amide bonds. The third kappa shape index (κ3) is 6.03. The summed E-state index contributed by atoms with van der Waals surface area (Å²) in [6, 6.07) is 6.04. The van der Waals surface area contributed by atoms with Crippen molar-refractivity contribution in [2.24, 2.45) is 0 Å². The Morgan fingerprint density at radius 1 is 1.27 bits per heavy atom. The molecule has 2 aliphatic rings. The standard InChI is InChI=1S/C20H28BrN3O4.C2H6/c1-20(2,3)28-19(26)23-9-5-6-14(23)12-24-16-8-7-13(21)10-15(16)22-17(24)11-18(25)27-4;1-2/h7-8,10,14,17,22H,5-6,9,11-12H2,1-4H3;1-2H3. The molecule has 0 saturated carbocycles. The van der Waals surface area contributed by atoms with Gasteiger partial charge in [-0.25, -0.2) is 4.79 Å². The average Bonchev–Trinajstić information content (AvgIpc) is 3.27. The zero-order chi connectivity index (χ0) is 22.5. The summed E-state index contributed by atoms with van der Waals surface area (Å²) in [6.45, 7) is 10.9. The van der Waals surface area contributed by atoms with Gasteiger partial charge in [-0.2, -0.15) is 0 Å². The highest BCUT2D eigenvalue weighted by atomic mass is 79.9. The molecule has 168 valence electrons. The minimum atomic E-state index is -0.522. The number of carbonyl (C=O) groups excluding carboxylic acids is 2. The van der Waals surface area contributed by atoms with Crippen molar-refractivity contribution in [1.82, 2.24) is 4.90 Å². The first kappa shape index (κ1) is 24.3. The fourth-order valence-corrected chi connectivity index (χ4v) is 4.10. The van der Waals surface area contributed by atoms with E-state index in [4.69, 9.17) is 9.47 Å². The van der Waals surface area contributed by atoms with Crippen molar-refractivity contribution in [1.29, 1.82) is 0 Å². The number of amides is 1. The van der Waals surface area contributed by atoms with Crippen molar-refractivity contribution in [3.05, 3.63) is 22.7 Å². The van der Waals surface area contributed by atoms with E-state index < -0.39 is 5.60 Å². The van der Waals surface area contributed by atoms with Crippen LogP contribution in [-0.4, -0.2) is 55.0 Å². The number of methoxy groups -OCH3 is 1. The molecule has 0 aromatic heterocycles. The van der Waals surface area contributed by atoms with Gasteiger partial charge >= 0.3 is 12.1 Å². The molecular formula is C22H34BrN3O4. The monoisotopic (exact) mass is 483 g/mol. The second-order valence-corrected chi connectivity index (χ2v) is 9.14. The van der Waals surface area contributed by atoms with Gasteiger partial charge in [0, 0.05) is 17.6 Å². The fraction of sp³-hybridized carbons (Fsp3) is 0.636. The van der Waals surface area contributed by atoms with Crippen LogP contribution in [0.15, 0.2) is 22.7 Å². The number of carbonyl (C=O) groups is 2. The van der Waals surface area contributed by atoms with Crippen molar-refractivity contribution in [3.63, 3.8) is 0 Å². The van der Waals surface area contributed by atoms with E-state index in [0.717, 1.165) is 28.7 Å². The highest BCUT2D eigenvalue weighted by Gasteiger charge is 2.38. The Morgan fingerprint density at radius 2 is 1.97 bits per heavy atom. The van der Waals surface area contributed by atoms with Gasteiger partial charge in [0.1, 0.15) is 11.8 Å². The number of halogens is 1. The second kappa shape index (κ2) is 10.4. The van der Waals surface area contributed by atoms with E-state index >= 15 is 0 Å². The molecule has 1 saturated heterocycles. The number of rotatable bonds is 4. The zero-order valence-electron chi connectivity index (χ0n) is 18.8. The lowest BCUT2D eigenvalue weighted by Gasteiger charge is -2.33. The van der Waals surface area contributed by atoms with Crippen LogP contribution in [-0.2, 0) is 14.3 Å². The number of hydrogen-bond donors (Lipinski definition) is 1. The first-order chi connectivity index (χ1) is 14.2. The Hall–Kier alpha value is -1.96. The lowest BCUT2D eigenvalue weighted by molar-refractivity contribution is -0.140. The number of anilines is 2. The largest absolute Gasteiger partial charge is 0.469 e. The number of esters is 1. The maximum absolute atomic E-state index is 12.6. The normalized spacial score (nSPS) is 20.1. The Kier molecular flexibility index (Phi) is 8.41. The fourth-order valence-electron chi connectivity index (χ4n) is 3.74. The summed E-state index contributed by atoms with van der Waals surface area (Å²) in [4.78, 5) is 28.5. The highest BCUT2D eigenvalue weighted by Crippen LogP contribution is 2.38. The molecule has 1 fully saturated rings. The number of benzene rings is 1. The van der Waals surface area contributed by atoms with Gasteiger partial charge in [0.2, 0.25) is 0 Å². The summed E-state index contributed by atoms with van der Waals surface area (Å²) >= 11 is 3.49. The van der Waals surface area contributed by atoms with Gasteiger partial charge < -0.3 is 24.6 Å². The maximum atomic E-state index is 12.6. The number of nitrogens with one attached hydrogen (secondary N) is 1. The molecule has 0 aliphatic carbocycles. The summed E-state index contributed by atoms with van der Waals surface area (Å²) in [7, 11) is 1.40. The van der Waals surface area contributed by atoms with Crippen LogP contribution in [0.2, 0.25) is 0 Å². The Bertz CT molecular complexity index is 750. The van der Waals surface area contributed by atoms with Crippen LogP contribution in [0, 0.1) is 0 Å². The number of nitrogens with zero attached hydrogens (tertiary/aromatic N) is 2. The summed E-state index contributed by atoms with van der Waals surface area (Å²) in [6.07, 6.45) is 1.59. The molecule has 30 heavy (non-hydrogen) atoms. The number of hydrogen-bond acceptors (Lipinski definition) is 6. The summed E-state index contributed by atoms with van der Waals surface area (Å²) < 4.78 is 11.4. The molecule has 7 nitrogen and oxygen atoms in total. The molecule has 0 spiro atoms. The van der Waals surface area contributed by atoms with Gasteiger partial charge in [-0.3, -0.25) is 4.79 Å². The van der Waals surface area contributed by atoms with Gasteiger partial charge in [-0.05, 0) is 51.8 Å². The molecule has 0 bridgehead atoms. The lowest BCUT2D eigenvalue weighted by Crippen LogP contribution is -2.48. The number of likely N-dealkylation sites (tertiary alicyclic amines) is 1. The predicted octanol–water partition coefficient (Wildman–Crippen LogP) is 5.00. The molecule has 1 N–H and O–H groups in total. The van der Waals surface area contributed by atoms with E-state index in [1.165, 1.54) is 7.11 Å². The van der Waals surface area contributed by atoms with Crippen LogP contribution < -0.4 is 10.2 Å². The van der Waals surface area contributed by atoms with Gasteiger partial charge in [0.05, 0.1) is 30.9 Å². The van der Waals surface area contributed by atoms with Crippen LogP contribution >= 0.6 is 15.9 Å². The summed E-state index contributed by atoms with van der Waals surface area (Å²) in [5, 5.41) is 3.41. The molecule has 3 rings (SSSR count). The first-order valence-corrected chi connectivity index (χ1v) is 11.4. The van der Waals surface area contributed by atoms with Crippen molar-refractivity contribution >= 4 is 39.4 Å². The Morgan fingerprint density at radius 3 is 2.60 bits per heavy atom. The van der Waals surface area contributed by atoms with E-state index in [-0.39, 0.29) is 30.7 Å². The molecule has 2 unspecified atom stereocenters. The van der Waals surface area contributed by atoms with Crippen molar-refractivity contribution in [3.8, 4) is 0 Å². The van der Waals surface area contributed by atoms with Crippen molar-refractivity contribution < 1.29 is 19.1 Å². The minimum Gasteiger partial charge on any atom is -0.469 e. The quantitative estimate of drug-likeness (QED) is 0.607.